The highest BCUT2D eigenvalue weighted by Crippen LogP contribution is 2.02. The molecule has 90 valence electrons. The normalized spacial score (nSPS) is 11.4. The average molecular weight is 247 g/mol. The van der Waals surface area contributed by atoms with Crippen molar-refractivity contribution in [1.29, 1.82) is 0 Å². The van der Waals surface area contributed by atoms with E-state index in [2.05, 4.69) is 5.32 Å². The average Bonchev–Trinajstić information content (AvgIpc) is 2.18. The number of nitrogens with two attached hydrogens (primary N) is 1. The number of nitrogens with one attached hydrogen (secondary N) is 1. The van der Waals surface area contributed by atoms with Crippen LogP contribution in [0.4, 0.5) is 4.39 Å². The fraction of sp³-hybridized carbons (Fsp3) is 0.364. The first kappa shape index (κ1) is 14.9. The van der Waals surface area contributed by atoms with Crippen LogP contribution in [-0.4, -0.2) is 18.5 Å². The molecule has 3 nitrogen and oxygen atoms in total. The fourth-order valence-corrected chi connectivity index (χ4v) is 1.12. The van der Waals surface area contributed by atoms with E-state index < -0.39 is 0 Å². The second-order valence-corrected chi connectivity index (χ2v) is 3.53. The molecule has 0 spiro atoms. The largest absolute Gasteiger partial charge is 0.352 e. The van der Waals surface area contributed by atoms with Gasteiger partial charge in [-0.25, -0.2) is 4.39 Å². The molecule has 5 heteroatoms. The SMILES string of the molecule is CC(N)CCNC(=O)c1ccc(F)cc1.Cl. The number of rotatable bonds is 4. The Labute approximate surface area is 101 Å². The summed E-state index contributed by atoms with van der Waals surface area (Å²) in [5.41, 5.74) is 6.00. The number of halogens is 2. The van der Waals surface area contributed by atoms with Gasteiger partial charge in [0, 0.05) is 18.2 Å². The molecular weight excluding hydrogens is 231 g/mol. The number of benzene rings is 1. The lowest BCUT2D eigenvalue weighted by molar-refractivity contribution is 0.0953. The Morgan fingerprint density at radius 3 is 2.50 bits per heavy atom. The molecule has 1 amide bonds. The van der Waals surface area contributed by atoms with Crippen molar-refractivity contribution in [3.63, 3.8) is 0 Å². The van der Waals surface area contributed by atoms with E-state index in [1.807, 2.05) is 6.92 Å². The first-order chi connectivity index (χ1) is 7.09. The molecule has 0 bridgehead atoms. The van der Waals surface area contributed by atoms with Crippen molar-refractivity contribution in [3.05, 3.63) is 35.6 Å². The molecule has 1 rings (SSSR count). The van der Waals surface area contributed by atoms with Gasteiger partial charge in [-0.05, 0) is 37.6 Å². The van der Waals surface area contributed by atoms with Gasteiger partial charge in [0.2, 0.25) is 0 Å². The second kappa shape index (κ2) is 7.19. The van der Waals surface area contributed by atoms with Crippen LogP contribution in [0.2, 0.25) is 0 Å². The van der Waals surface area contributed by atoms with E-state index in [0.717, 1.165) is 6.42 Å². The summed E-state index contributed by atoms with van der Waals surface area (Å²) in [6.45, 7) is 2.41. The maximum absolute atomic E-state index is 12.6. The third-order valence-corrected chi connectivity index (χ3v) is 1.99. The monoisotopic (exact) mass is 246 g/mol. The Kier molecular flexibility index (Phi) is 6.69. The summed E-state index contributed by atoms with van der Waals surface area (Å²) < 4.78 is 12.6. The van der Waals surface area contributed by atoms with Gasteiger partial charge in [0.1, 0.15) is 5.82 Å². The Balaban J connectivity index is 0.00000225. The van der Waals surface area contributed by atoms with Gasteiger partial charge in [0.25, 0.3) is 5.91 Å². The highest BCUT2D eigenvalue weighted by molar-refractivity contribution is 5.94. The van der Waals surface area contributed by atoms with Crippen molar-refractivity contribution in [2.75, 3.05) is 6.54 Å². The molecule has 1 unspecified atom stereocenters. The van der Waals surface area contributed by atoms with Crippen LogP contribution in [0.1, 0.15) is 23.7 Å². The summed E-state index contributed by atoms with van der Waals surface area (Å²) in [4.78, 5) is 11.5. The molecule has 1 atom stereocenters. The van der Waals surface area contributed by atoms with Crippen molar-refractivity contribution >= 4 is 18.3 Å². The Morgan fingerprint density at radius 1 is 1.44 bits per heavy atom. The summed E-state index contributed by atoms with van der Waals surface area (Å²) in [5, 5.41) is 2.71. The first-order valence-corrected chi connectivity index (χ1v) is 4.89. The summed E-state index contributed by atoms with van der Waals surface area (Å²) in [7, 11) is 0. The summed E-state index contributed by atoms with van der Waals surface area (Å²) in [5.74, 6) is -0.544. The van der Waals surface area contributed by atoms with Crippen molar-refractivity contribution in [1.82, 2.24) is 5.32 Å². The van der Waals surface area contributed by atoms with Crippen LogP contribution in [0.3, 0.4) is 0 Å². The zero-order chi connectivity index (χ0) is 11.3. The van der Waals surface area contributed by atoms with Crippen LogP contribution in [0.25, 0.3) is 0 Å². The van der Waals surface area contributed by atoms with Crippen LogP contribution in [0, 0.1) is 5.82 Å². The fourth-order valence-electron chi connectivity index (χ4n) is 1.12. The highest BCUT2D eigenvalue weighted by atomic mass is 35.5. The second-order valence-electron chi connectivity index (χ2n) is 3.53. The molecule has 1 aromatic rings. The number of carbonyl (C=O) groups is 1. The maximum Gasteiger partial charge on any atom is 0.251 e. The third-order valence-electron chi connectivity index (χ3n) is 1.99. The molecular formula is C11H16ClFN2O. The van der Waals surface area contributed by atoms with Gasteiger partial charge in [-0.2, -0.15) is 0 Å². The van der Waals surface area contributed by atoms with Gasteiger partial charge in [-0.15, -0.1) is 12.4 Å². The smallest absolute Gasteiger partial charge is 0.251 e. The Bertz CT molecular complexity index is 327. The van der Waals surface area contributed by atoms with E-state index in [9.17, 15) is 9.18 Å². The van der Waals surface area contributed by atoms with Crippen LogP contribution < -0.4 is 11.1 Å². The maximum atomic E-state index is 12.6. The third kappa shape index (κ3) is 5.09. The lowest BCUT2D eigenvalue weighted by Crippen LogP contribution is -2.28. The van der Waals surface area contributed by atoms with Crippen molar-refractivity contribution in [2.45, 2.75) is 19.4 Å². The zero-order valence-electron chi connectivity index (χ0n) is 9.07. The molecule has 1 aromatic carbocycles. The molecule has 0 heterocycles. The molecule has 0 fully saturated rings. The minimum absolute atomic E-state index is 0. The molecule has 0 aromatic heterocycles. The molecule has 0 saturated heterocycles. The molecule has 0 aliphatic carbocycles. The van der Waals surface area contributed by atoms with E-state index in [4.69, 9.17) is 5.73 Å². The molecule has 16 heavy (non-hydrogen) atoms. The van der Waals surface area contributed by atoms with Crippen molar-refractivity contribution in [2.24, 2.45) is 5.73 Å². The number of amides is 1. The topological polar surface area (TPSA) is 55.1 Å². The molecule has 0 saturated carbocycles. The van der Waals surface area contributed by atoms with Gasteiger partial charge in [0.15, 0.2) is 0 Å². The van der Waals surface area contributed by atoms with E-state index in [1.54, 1.807) is 0 Å². The van der Waals surface area contributed by atoms with Crippen LogP contribution in [0.5, 0.6) is 0 Å². The molecule has 0 aliphatic heterocycles. The summed E-state index contributed by atoms with van der Waals surface area (Å²) in [6.07, 6.45) is 0.729. The summed E-state index contributed by atoms with van der Waals surface area (Å²) in [6, 6.07) is 5.51. The molecule has 0 aliphatic rings. The van der Waals surface area contributed by atoms with Gasteiger partial charge < -0.3 is 11.1 Å². The lowest BCUT2D eigenvalue weighted by atomic mass is 10.2. The van der Waals surface area contributed by atoms with Crippen LogP contribution in [0.15, 0.2) is 24.3 Å². The lowest BCUT2D eigenvalue weighted by Gasteiger charge is -2.07. The minimum atomic E-state index is -0.345. The standard InChI is InChI=1S/C11H15FN2O.ClH/c1-8(13)6-7-14-11(15)9-2-4-10(12)5-3-9;/h2-5,8H,6-7,13H2,1H3,(H,14,15);1H. The minimum Gasteiger partial charge on any atom is -0.352 e. The molecule has 0 radical (unpaired) electrons. The van der Waals surface area contributed by atoms with Crippen molar-refractivity contribution < 1.29 is 9.18 Å². The van der Waals surface area contributed by atoms with Gasteiger partial charge in [0.05, 0.1) is 0 Å². The first-order valence-electron chi connectivity index (χ1n) is 4.89. The predicted molar refractivity (Wildman–Crippen MR) is 64.2 cm³/mol. The van der Waals surface area contributed by atoms with Crippen LogP contribution in [-0.2, 0) is 0 Å². The Morgan fingerprint density at radius 2 is 2.00 bits per heavy atom. The Hall–Kier alpha value is -1.13. The van der Waals surface area contributed by atoms with Crippen LogP contribution >= 0.6 is 12.4 Å². The number of carbonyl (C=O) groups excluding carboxylic acids is 1. The van der Waals surface area contributed by atoms with E-state index in [0.29, 0.717) is 12.1 Å². The van der Waals surface area contributed by atoms with E-state index in [-0.39, 0.29) is 30.2 Å². The van der Waals surface area contributed by atoms with E-state index >= 15 is 0 Å². The highest BCUT2D eigenvalue weighted by Gasteiger charge is 2.04. The van der Waals surface area contributed by atoms with Gasteiger partial charge in [-0.1, -0.05) is 0 Å². The summed E-state index contributed by atoms with van der Waals surface area (Å²) >= 11 is 0. The predicted octanol–water partition coefficient (Wildman–Crippen LogP) is 1.71. The molecule has 3 N–H and O–H groups in total. The van der Waals surface area contributed by atoms with E-state index in [1.165, 1.54) is 24.3 Å². The zero-order valence-corrected chi connectivity index (χ0v) is 9.89. The number of hydrogen-bond acceptors (Lipinski definition) is 2. The quantitative estimate of drug-likeness (QED) is 0.850. The van der Waals surface area contributed by atoms with Gasteiger partial charge in [-0.3, -0.25) is 4.79 Å². The number of hydrogen-bond donors (Lipinski definition) is 2. The van der Waals surface area contributed by atoms with Crippen molar-refractivity contribution in [3.8, 4) is 0 Å². The van der Waals surface area contributed by atoms with Gasteiger partial charge >= 0.3 is 0 Å².